The number of hydrogen-bond acceptors (Lipinski definition) is 8. The predicted molar refractivity (Wildman–Crippen MR) is 212 cm³/mol. The standard InChI is InChI=1S/C32H16N8.2C5H11O.Sn/c1-2-10-18-17(9-1)25-33-26(18)38-28-21-13-5-6-14-22(21)30(35-28)40-32-24-16-8-7-15-23(24)31(36-32)39-29-20-12-4-3-11-19(20)27(34-29)37-25;2*1-3-4-5(2)6;/h1-16H;2*5H,3-4H2,1-2H3;/q-2;2*-1;+4. The molecule has 0 saturated carbocycles. The van der Waals surface area contributed by atoms with Crippen LogP contribution in [0.3, 0.4) is 0 Å². The molecule has 10 nitrogen and oxygen atoms in total. The molecule has 0 aliphatic carbocycles. The molecule has 0 fully saturated rings. The van der Waals surface area contributed by atoms with Gasteiger partial charge in [0, 0.05) is 0 Å². The molecule has 0 spiro atoms. The van der Waals surface area contributed by atoms with Crippen LogP contribution in [0.4, 0.5) is 11.6 Å². The maximum absolute atomic E-state index is 7.75. The van der Waals surface area contributed by atoms with Gasteiger partial charge >= 0.3 is 314 Å². The van der Waals surface area contributed by atoms with E-state index in [1.165, 1.54) is 0 Å². The van der Waals surface area contributed by atoms with Crippen LogP contribution in [0.5, 0.6) is 0 Å². The first kappa shape index (κ1) is 32.6. The number of aliphatic imine (C=N–C) groups is 4. The average molecular weight is 806 g/mol. The molecule has 4 aliphatic heterocycles. The molecule has 2 unspecified atom stereocenters. The van der Waals surface area contributed by atoms with Gasteiger partial charge in [-0.05, 0) is 0 Å². The van der Waals surface area contributed by atoms with Crippen molar-refractivity contribution in [1.29, 1.82) is 0 Å². The van der Waals surface area contributed by atoms with Gasteiger partial charge in [0.25, 0.3) is 0 Å². The third-order valence-corrected chi connectivity index (χ3v) is 20.1. The van der Waals surface area contributed by atoms with Crippen LogP contribution >= 0.6 is 0 Å². The molecule has 4 aliphatic rings. The van der Waals surface area contributed by atoms with Gasteiger partial charge in [-0.15, -0.1) is 0 Å². The maximum atomic E-state index is 7.75. The Balaban J connectivity index is 1.51. The van der Waals surface area contributed by atoms with Crippen molar-refractivity contribution in [2.75, 3.05) is 0 Å². The topological polar surface area (TPSA) is 102 Å². The number of aromatic nitrogens is 2. The van der Waals surface area contributed by atoms with Crippen molar-refractivity contribution in [2.45, 2.75) is 65.6 Å². The van der Waals surface area contributed by atoms with Gasteiger partial charge in [-0.1, -0.05) is 0 Å². The molecule has 53 heavy (non-hydrogen) atoms. The van der Waals surface area contributed by atoms with Crippen LogP contribution in [0.2, 0.25) is 0 Å². The van der Waals surface area contributed by atoms with Gasteiger partial charge in [-0.3, -0.25) is 0 Å². The Morgan fingerprint density at radius 2 is 0.830 bits per heavy atom. The summed E-state index contributed by atoms with van der Waals surface area (Å²) in [5, 5.41) is 3.74. The minimum absolute atomic E-state index is 0.161. The van der Waals surface area contributed by atoms with Crippen LogP contribution in [-0.4, -0.2) is 60.9 Å². The van der Waals surface area contributed by atoms with Crippen LogP contribution in [0.25, 0.3) is 21.5 Å². The Labute approximate surface area is 312 Å². The van der Waals surface area contributed by atoms with E-state index in [9.17, 15) is 0 Å². The first-order valence-electron chi connectivity index (χ1n) is 18.6. The molecule has 0 saturated heterocycles. The Kier molecular flexibility index (Phi) is 7.71. The number of amidine groups is 4. The van der Waals surface area contributed by atoms with E-state index in [1.54, 1.807) is 0 Å². The fraction of sp³-hybridized carbons (Fsp3) is 0.238. The number of benzene rings is 4. The first-order valence-corrected chi connectivity index (χ1v) is 23.5. The summed E-state index contributed by atoms with van der Waals surface area (Å²) in [5.41, 5.74) is 5.10. The summed E-state index contributed by atoms with van der Waals surface area (Å²) in [6, 6.07) is 33.1. The second-order valence-electron chi connectivity index (χ2n) is 14.1. The Morgan fingerprint density at radius 3 is 1.23 bits per heavy atom. The van der Waals surface area contributed by atoms with Crippen LogP contribution in [0.15, 0.2) is 127 Å². The molecule has 4 aromatic carbocycles. The van der Waals surface area contributed by atoms with E-state index in [1.807, 2.05) is 24.3 Å². The molecular formula is C42H38N8O2Sn. The van der Waals surface area contributed by atoms with Gasteiger partial charge in [-0.25, -0.2) is 0 Å². The van der Waals surface area contributed by atoms with Crippen LogP contribution in [0, 0.1) is 0 Å². The van der Waals surface area contributed by atoms with E-state index in [4.69, 9.17) is 36.1 Å². The first-order chi connectivity index (χ1) is 26.0. The number of hydrogen-bond donors (Lipinski definition) is 0. The molecule has 262 valence electrons. The molecule has 0 amide bonds. The van der Waals surface area contributed by atoms with E-state index in [0.717, 1.165) is 69.5 Å². The Hall–Kier alpha value is -5.04. The molecule has 11 heteroatoms. The molecule has 6 heterocycles. The zero-order valence-corrected chi connectivity index (χ0v) is 33.0. The van der Waals surface area contributed by atoms with E-state index in [0.29, 0.717) is 46.0 Å². The van der Waals surface area contributed by atoms with Crippen molar-refractivity contribution in [3.05, 3.63) is 130 Å². The van der Waals surface area contributed by atoms with E-state index in [-0.39, 0.29) is 12.2 Å². The average Bonchev–Trinajstić information content (AvgIpc) is 3.88. The number of fused-ring (bicyclic) bond motifs is 14. The van der Waals surface area contributed by atoms with Crippen LogP contribution in [-0.2, 0) is 6.15 Å². The van der Waals surface area contributed by atoms with Crippen molar-refractivity contribution in [1.82, 2.24) is 5.58 Å². The zero-order chi connectivity index (χ0) is 35.8. The molecule has 6 bridgehead atoms. The summed E-state index contributed by atoms with van der Waals surface area (Å²) in [6.07, 6.45) is 3.26. The van der Waals surface area contributed by atoms with Gasteiger partial charge in [0.15, 0.2) is 0 Å². The summed E-state index contributed by atoms with van der Waals surface area (Å²) in [6.45, 7) is 8.70. The molecule has 2 atom stereocenters. The summed E-state index contributed by atoms with van der Waals surface area (Å²) in [7, 11) is 0. The normalized spacial score (nSPS) is 18.9. The third-order valence-electron chi connectivity index (χ3n) is 10.4. The van der Waals surface area contributed by atoms with Crippen LogP contribution < -0.4 is 11.0 Å². The summed E-state index contributed by atoms with van der Waals surface area (Å²) < 4.78 is 20.0. The summed E-state index contributed by atoms with van der Waals surface area (Å²) in [5.74, 6) is 3.79. The SMILES string of the molecule is CCCC(C)[O][Sn]1([O]C(C)CCC)[n]2c3c4ccccc4c2N=C2N=C(N=c4c5ccccc5c([n]41)=NC1=NC(=N3)c3ccccc31)c1ccccc12. The summed E-state index contributed by atoms with van der Waals surface area (Å²) >= 11 is -5.31. The van der Waals surface area contributed by atoms with Gasteiger partial charge in [-0.2, -0.15) is 0 Å². The van der Waals surface area contributed by atoms with Gasteiger partial charge in [0.05, 0.1) is 0 Å². The van der Waals surface area contributed by atoms with Gasteiger partial charge < -0.3 is 0 Å². The monoisotopic (exact) mass is 806 g/mol. The Bertz CT molecular complexity index is 2590. The quantitative estimate of drug-likeness (QED) is 0.147. The number of nitrogens with zero attached hydrogens (tertiary/aromatic N) is 8. The van der Waals surface area contributed by atoms with E-state index < -0.39 is 19.8 Å². The molecule has 10 rings (SSSR count). The minimum atomic E-state index is -5.31. The molecule has 2 aromatic heterocycles. The number of rotatable bonds is 8. The van der Waals surface area contributed by atoms with Crippen LogP contribution in [0.1, 0.15) is 75.6 Å². The van der Waals surface area contributed by atoms with Gasteiger partial charge in [0.1, 0.15) is 0 Å². The molecule has 0 radical (unpaired) electrons. The predicted octanol–water partition coefficient (Wildman–Crippen LogP) is 7.78. The van der Waals surface area contributed by atoms with E-state index in [2.05, 4.69) is 106 Å². The molecule has 0 N–H and O–H groups in total. The van der Waals surface area contributed by atoms with Crippen molar-refractivity contribution < 1.29 is 6.15 Å². The van der Waals surface area contributed by atoms with Crippen molar-refractivity contribution in [3.8, 4) is 0 Å². The fourth-order valence-electron chi connectivity index (χ4n) is 8.13. The third kappa shape index (κ3) is 4.92. The van der Waals surface area contributed by atoms with Crippen molar-refractivity contribution >= 4 is 76.3 Å². The van der Waals surface area contributed by atoms with E-state index >= 15 is 0 Å². The fourth-order valence-corrected chi connectivity index (χ4v) is 18.7. The Morgan fingerprint density at radius 1 is 0.472 bits per heavy atom. The van der Waals surface area contributed by atoms with Crippen molar-refractivity contribution in [3.63, 3.8) is 0 Å². The second kappa shape index (κ2) is 12.5. The summed E-state index contributed by atoms with van der Waals surface area (Å²) in [4.78, 5) is 32.4. The molecular weight excluding hydrogens is 767 g/mol. The molecule has 6 aromatic rings. The van der Waals surface area contributed by atoms with Crippen molar-refractivity contribution in [2.24, 2.45) is 30.0 Å². The second-order valence-corrected chi connectivity index (χ2v) is 21.1. The zero-order valence-electron chi connectivity index (χ0n) is 30.1. The van der Waals surface area contributed by atoms with Gasteiger partial charge in [0.2, 0.25) is 0 Å².